The molecule has 0 aromatic heterocycles. The number of nitrogens with one attached hydrogen (secondary N) is 2. The summed E-state index contributed by atoms with van der Waals surface area (Å²) in [7, 11) is -4.85. The lowest BCUT2D eigenvalue weighted by molar-refractivity contribution is -0.143. The van der Waals surface area contributed by atoms with E-state index in [0.717, 1.165) is 24.9 Å². The number of benzene rings is 2. The van der Waals surface area contributed by atoms with Crippen LogP contribution in [0, 0.1) is 0 Å². The van der Waals surface area contributed by atoms with Crippen molar-refractivity contribution in [1.29, 1.82) is 0 Å². The van der Waals surface area contributed by atoms with Gasteiger partial charge in [-0.05, 0) is 61.6 Å². The lowest BCUT2D eigenvalue weighted by Crippen LogP contribution is -2.51. The molecule has 38 heavy (non-hydrogen) atoms. The van der Waals surface area contributed by atoms with Crippen LogP contribution in [0.15, 0.2) is 47.4 Å². The van der Waals surface area contributed by atoms with E-state index in [9.17, 15) is 39.6 Å². The smallest absolute Gasteiger partial charge is 0.352 e. The van der Waals surface area contributed by atoms with Crippen LogP contribution < -0.4 is 10.0 Å². The van der Waals surface area contributed by atoms with E-state index < -0.39 is 50.9 Å². The predicted molar refractivity (Wildman–Crippen MR) is 127 cm³/mol. The normalized spacial score (nSPS) is 22.4. The third kappa shape index (κ3) is 6.80. The minimum Gasteiger partial charge on any atom is -0.352 e. The van der Waals surface area contributed by atoms with Crippen molar-refractivity contribution in [2.24, 2.45) is 0 Å². The van der Waals surface area contributed by atoms with Crippen LogP contribution in [0.5, 0.6) is 0 Å². The number of carbonyl (C=O) groups is 1. The van der Waals surface area contributed by atoms with Gasteiger partial charge in [-0.15, -0.1) is 0 Å². The number of fused-ring (bicyclic) bond motifs is 2. The van der Waals surface area contributed by atoms with Crippen molar-refractivity contribution in [2.75, 3.05) is 6.54 Å². The summed E-state index contributed by atoms with van der Waals surface area (Å²) in [6.07, 6.45) is -7.27. The number of rotatable bonds is 7. The van der Waals surface area contributed by atoms with Gasteiger partial charge >= 0.3 is 12.4 Å². The Kier molecular flexibility index (Phi) is 8.04. The molecule has 0 saturated carbocycles. The summed E-state index contributed by atoms with van der Waals surface area (Å²) in [5.74, 6) is -0.729. The minimum atomic E-state index is -5.20. The van der Waals surface area contributed by atoms with Crippen LogP contribution in [0.25, 0.3) is 0 Å². The second-order valence-electron chi connectivity index (χ2n) is 9.49. The number of carbonyl (C=O) groups excluding carboxylic acids is 1. The van der Waals surface area contributed by atoms with Crippen LogP contribution in [-0.2, 0) is 33.7 Å². The standard InChI is InChI=1S/C24H24ClF6N3O3S/c25-17-3-1-14(2-4-17)13-34-19-5-6-20(34)11-18(10-19)33-22(35)12-32-38(36,37)21-8-15(23(26,27)28)7-16(9-21)24(29,30)31/h1-4,7-9,18-20,32H,5-6,10-13H2,(H,33,35). The molecule has 2 saturated heterocycles. The first-order chi connectivity index (χ1) is 17.6. The Bertz CT molecular complexity index is 1240. The van der Waals surface area contributed by atoms with Crippen molar-refractivity contribution >= 4 is 27.5 Å². The molecule has 0 aliphatic carbocycles. The predicted octanol–water partition coefficient (Wildman–Crippen LogP) is 4.97. The molecule has 2 atom stereocenters. The molecule has 14 heteroatoms. The third-order valence-electron chi connectivity index (χ3n) is 6.82. The molecule has 2 heterocycles. The SMILES string of the molecule is O=C(CNS(=O)(=O)c1cc(C(F)(F)F)cc(C(F)(F)F)c1)NC1CC2CCC(C1)N2Cc1ccc(Cl)cc1. The lowest BCUT2D eigenvalue weighted by atomic mass is 9.96. The topological polar surface area (TPSA) is 78.5 Å². The van der Waals surface area contributed by atoms with Gasteiger partial charge in [0, 0.05) is 29.7 Å². The summed E-state index contributed by atoms with van der Waals surface area (Å²) < 4.78 is 105. The lowest BCUT2D eigenvalue weighted by Gasteiger charge is -2.39. The van der Waals surface area contributed by atoms with E-state index in [0.29, 0.717) is 17.9 Å². The number of nitrogens with zero attached hydrogens (tertiary/aromatic N) is 1. The van der Waals surface area contributed by atoms with Crippen LogP contribution >= 0.6 is 11.6 Å². The molecule has 4 rings (SSSR count). The monoisotopic (exact) mass is 583 g/mol. The highest BCUT2D eigenvalue weighted by Crippen LogP contribution is 2.38. The van der Waals surface area contributed by atoms with Gasteiger partial charge < -0.3 is 5.32 Å². The molecule has 2 aliphatic heterocycles. The third-order valence-corrected chi connectivity index (χ3v) is 8.45. The van der Waals surface area contributed by atoms with Crippen LogP contribution in [0.3, 0.4) is 0 Å². The van der Waals surface area contributed by atoms with Crippen molar-refractivity contribution in [3.63, 3.8) is 0 Å². The molecule has 2 aromatic carbocycles. The maximum absolute atomic E-state index is 13.1. The molecule has 6 nitrogen and oxygen atoms in total. The summed E-state index contributed by atoms with van der Waals surface area (Å²) in [6, 6.07) is 7.73. The highest BCUT2D eigenvalue weighted by Gasteiger charge is 2.41. The van der Waals surface area contributed by atoms with Gasteiger partial charge in [-0.25, -0.2) is 13.1 Å². The molecular formula is C24H24ClF6N3O3S. The van der Waals surface area contributed by atoms with E-state index in [2.05, 4.69) is 10.2 Å². The Morgan fingerprint density at radius 3 is 1.95 bits per heavy atom. The molecule has 2 bridgehead atoms. The van der Waals surface area contributed by atoms with Crippen LogP contribution in [-0.4, -0.2) is 43.9 Å². The fourth-order valence-corrected chi connectivity index (χ4v) is 6.23. The first-order valence-corrected chi connectivity index (χ1v) is 13.6. The van der Waals surface area contributed by atoms with Crippen LogP contribution in [0.4, 0.5) is 26.3 Å². The van der Waals surface area contributed by atoms with Crippen LogP contribution in [0.1, 0.15) is 42.4 Å². The second-order valence-corrected chi connectivity index (χ2v) is 11.7. The number of alkyl halides is 6. The number of hydrogen-bond acceptors (Lipinski definition) is 4. The molecule has 2 aromatic rings. The summed E-state index contributed by atoms with van der Waals surface area (Å²) >= 11 is 5.94. The Hall–Kier alpha value is -2.35. The molecule has 2 fully saturated rings. The van der Waals surface area contributed by atoms with Crippen molar-refractivity contribution < 1.29 is 39.6 Å². The fourth-order valence-electron chi connectivity index (χ4n) is 5.05. The Balaban J connectivity index is 1.36. The maximum atomic E-state index is 13.1. The molecule has 2 unspecified atom stereocenters. The molecule has 0 radical (unpaired) electrons. The molecule has 208 valence electrons. The van der Waals surface area contributed by atoms with Gasteiger partial charge in [-0.3, -0.25) is 9.69 Å². The highest BCUT2D eigenvalue weighted by molar-refractivity contribution is 7.89. The van der Waals surface area contributed by atoms with Gasteiger partial charge in [-0.1, -0.05) is 23.7 Å². The van der Waals surface area contributed by atoms with E-state index in [4.69, 9.17) is 11.6 Å². The Labute approximate surface area is 220 Å². The van der Waals surface area contributed by atoms with Crippen LogP contribution in [0.2, 0.25) is 5.02 Å². The summed E-state index contributed by atoms with van der Waals surface area (Å²) in [5, 5.41) is 3.38. The van der Waals surface area contributed by atoms with Crippen molar-refractivity contribution in [3.8, 4) is 0 Å². The number of amides is 1. The highest BCUT2D eigenvalue weighted by atomic mass is 35.5. The first-order valence-electron chi connectivity index (χ1n) is 11.7. The van der Waals surface area contributed by atoms with Crippen molar-refractivity contribution in [1.82, 2.24) is 14.9 Å². The van der Waals surface area contributed by atoms with E-state index in [1.807, 2.05) is 29.0 Å². The van der Waals surface area contributed by atoms with Gasteiger partial charge in [0.25, 0.3) is 0 Å². The number of halogens is 7. The Morgan fingerprint density at radius 2 is 1.45 bits per heavy atom. The summed E-state index contributed by atoms with van der Waals surface area (Å²) in [5.41, 5.74) is -2.43. The molecular weight excluding hydrogens is 560 g/mol. The van der Waals surface area contributed by atoms with Crippen molar-refractivity contribution in [3.05, 3.63) is 64.2 Å². The van der Waals surface area contributed by atoms with Gasteiger partial charge in [0.15, 0.2) is 0 Å². The summed E-state index contributed by atoms with van der Waals surface area (Å²) in [6.45, 7) is -0.107. The zero-order valence-electron chi connectivity index (χ0n) is 19.7. The number of piperidine rings is 1. The van der Waals surface area contributed by atoms with E-state index in [1.54, 1.807) is 0 Å². The Morgan fingerprint density at radius 1 is 0.921 bits per heavy atom. The van der Waals surface area contributed by atoms with Gasteiger partial charge in [0.05, 0.1) is 22.6 Å². The largest absolute Gasteiger partial charge is 0.416 e. The number of sulfonamides is 1. The molecule has 2 aliphatic rings. The van der Waals surface area contributed by atoms with Gasteiger partial charge in [-0.2, -0.15) is 26.3 Å². The molecule has 1 amide bonds. The number of hydrogen-bond donors (Lipinski definition) is 2. The van der Waals surface area contributed by atoms with Gasteiger partial charge in [0.1, 0.15) is 0 Å². The second kappa shape index (κ2) is 10.7. The quantitative estimate of drug-likeness (QED) is 0.452. The average molecular weight is 584 g/mol. The average Bonchev–Trinajstić information content (AvgIpc) is 3.05. The zero-order chi connectivity index (χ0) is 27.9. The van der Waals surface area contributed by atoms with Crippen molar-refractivity contribution in [2.45, 2.75) is 67.6 Å². The van der Waals surface area contributed by atoms with E-state index >= 15 is 0 Å². The van der Waals surface area contributed by atoms with E-state index in [1.165, 1.54) is 0 Å². The molecule has 2 N–H and O–H groups in total. The summed E-state index contributed by atoms with van der Waals surface area (Å²) in [4.78, 5) is 13.6. The minimum absolute atomic E-state index is 0.101. The molecule has 0 spiro atoms. The zero-order valence-corrected chi connectivity index (χ0v) is 21.3. The fraction of sp³-hybridized carbons (Fsp3) is 0.458. The van der Waals surface area contributed by atoms with E-state index in [-0.39, 0.29) is 36.3 Å². The van der Waals surface area contributed by atoms with Gasteiger partial charge in [0.2, 0.25) is 15.9 Å². The first kappa shape index (κ1) is 28.7. The maximum Gasteiger partial charge on any atom is 0.416 e.